The minimum absolute atomic E-state index is 0.235. The summed E-state index contributed by atoms with van der Waals surface area (Å²) in [7, 11) is 0. The van der Waals surface area contributed by atoms with E-state index in [-0.39, 0.29) is 6.10 Å². The first-order chi connectivity index (χ1) is 7.95. The van der Waals surface area contributed by atoms with Gasteiger partial charge >= 0.3 is 0 Å². The number of hydrogen-bond donors (Lipinski definition) is 1. The number of nitrogens with zero attached hydrogens (tertiary/aromatic N) is 1. The lowest BCUT2D eigenvalue weighted by Crippen LogP contribution is -2.43. The molecule has 2 rings (SSSR count). The molecule has 0 amide bonds. The average Bonchev–Trinajstić information content (AvgIpc) is 2.37. The maximum atomic E-state index is 5.55. The van der Waals surface area contributed by atoms with Gasteiger partial charge in [0.2, 0.25) is 0 Å². The van der Waals surface area contributed by atoms with Crippen molar-refractivity contribution in [3.05, 3.63) is 0 Å². The Bertz CT molecular complexity index is 160. The fourth-order valence-electron chi connectivity index (χ4n) is 1.98. The van der Waals surface area contributed by atoms with Crippen LogP contribution < -0.4 is 5.32 Å². The predicted molar refractivity (Wildman–Crippen MR) is 60.7 cm³/mol. The van der Waals surface area contributed by atoms with Crippen molar-refractivity contribution in [3.8, 4) is 0 Å². The van der Waals surface area contributed by atoms with Crippen LogP contribution >= 0.6 is 0 Å². The lowest BCUT2D eigenvalue weighted by Gasteiger charge is -2.27. The molecule has 0 aromatic heterocycles. The van der Waals surface area contributed by atoms with Gasteiger partial charge in [0.05, 0.1) is 39.1 Å². The van der Waals surface area contributed by atoms with Gasteiger partial charge in [-0.1, -0.05) is 0 Å². The summed E-state index contributed by atoms with van der Waals surface area (Å²) >= 11 is 0. The Hall–Kier alpha value is -0.200. The highest BCUT2D eigenvalue weighted by molar-refractivity contribution is 4.67. The van der Waals surface area contributed by atoms with Crippen molar-refractivity contribution in [2.45, 2.75) is 6.10 Å². The fourth-order valence-corrected chi connectivity index (χ4v) is 1.98. The second-order valence-electron chi connectivity index (χ2n) is 4.23. The fraction of sp³-hybridized carbons (Fsp3) is 1.00. The molecule has 5 heteroatoms. The van der Waals surface area contributed by atoms with Crippen LogP contribution in [-0.2, 0) is 14.2 Å². The Morgan fingerprint density at radius 3 is 2.69 bits per heavy atom. The van der Waals surface area contributed by atoms with E-state index in [4.69, 9.17) is 14.2 Å². The third-order valence-corrected chi connectivity index (χ3v) is 2.97. The van der Waals surface area contributed by atoms with Crippen molar-refractivity contribution in [2.75, 3.05) is 65.8 Å². The first kappa shape index (κ1) is 12.3. The van der Waals surface area contributed by atoms with Gasteiger partial charge in [-0.2, -0.15) is 0 Å². The summed E-state index contributed by atoms with van der Waals surface area (Å²) in [5, 5.41) is 3.41. The third-order valence-electron chi connectivity index (χ3n) is 2.97. The van der Waals surface area contributed by atoms with E-state index < -0.39 is 0 Å². The number of nitrogens with one attached hydrogen (secondary N) is 1. The van der Waals surface area contributed by atoms with Crippen LogP contribution in [0.5, 0.6) is 0 Å². The highest BCUT2D eigenvalue weighted by Crippen LogP contribution is 1.99. The van der Waals surface area contributed by atoms with Crippen LogP contribution in [0.1, 0.15) is 0 Å². The van der Waals surface area contributed by atoms with Crippen LogP contribution in [0.25, 0.3) is 0 Å². The van der Waals surface area contributed by atoms with E-state index >= 15 is 0 Å². The molecule has 1 atom stereocenters. The van der Waals surface area contributed by atoms with Gasteiger partial charge < -0.3 is 19.5 Å². The van der Waals surface area contributed by atoms with E-state index in [1.165, 1.54) is 0 Å². The smallest absolute Gasteiger partial charge is 0.0933 e. The molecule has 94 valence electrons. The normalized spacial score (nSPS) is 28.1. The summed E-state index contributed by atoms with van der Waals surface area (Å²) < 4.78 is 16.2. The van der Waals surface area contributed by atoms with Crippen molar-refractivity contribution in [1.82, 2.24) is 10.2 Å². The first-order valence-corrected chi connectivity index (χ1v) is 6.15. The van der Waals surface area contributed by atoms with E-state index in [0.29, 0.717) is 0 Å². The zero-order chi connectivity index (χ0) is 11.1. The van der Waals surface area contributed by atoms with Gasteiger partial charge in [-0.3, -0.25) is 4.90 Å². The topological polar surface area (TPSA) is 43.0 Å². The molecule has 16 heavy (non-hydrogen) atoms. The molecule has 1 N–H and O–H groups in total. The van der Waals surface area contributed by atoms with Gasteiger partial charge in [-0.05, 0) is 0 Å². The third kappa shape index (κ3) is 4.35. The molecule has 1 unspecified atom stereocenters. The highest BCUT2D eigenvalue weighted by atomic mass is 16.6. The van der Waals surface area contributed by atoms with Crippen molar-refractivity contribution in [1.29, 1.82) is 0 Å². The van der Waals surface area contributed by atoms with Crippen molar-refractivity contribution < 1.29 is 14.2 Å². The Labute approximate surface area is 97.0 Å². The van der Waals surface area contributed by atoms with Gasteiger partial charge in [-0.25, -0.2) is 0 Å². The van der Waals surface area contributed by atoms with Gasteiger partial charge in [0.15, 0.2) is 0 Å². The zero-order valence-electron chi connectivity index (χ0n) is 9.82. The SMILES string of the molecule is C(CN1CCOCC1)NCC1COCCO1. The lowest BCUT2D eigenvalue weighted by molar-refractivity contribution is -0.0864. The predicted octanol–water partition coefficient (Wildman–Crippen LogP) is -0.676. The number of ether oxygens (including phenoxy) is 3. The highest BCUT2D eigenvalue weighted by Gasteiger charge is 2.14. The molecule has 0 spiro atoms. The maximum absolute atomic E-state index is 5.55. The number of rotatable bonds is 5. The minimum atomic E-state index is 0.235. The maximum Gasteiger partial charge on any atom is 0.0933 e. The van der Waals surface area contributed by atoms with Gasteiger partial charge in [0.25, 0.3) is 0 Å². The molecule has 2 aliphatic rings. The number of hydrogen-bond acceptors (Lipinski definition) is 5. The molecule has 2 heterocycles. The molecule has 0 aromatic carbocycles. The van der Waals surface area contributed by atoms with Gasteiger partial charge in [0, 0.05) is 32.7 Å². The van der Waals surface area contributed by atoms with E-state index in [2.05, 4.69) is 10.2 Å². The average molecular weight is 230 g/mol. The molecule has 0 aromatic rings. The van der Waals surface area contributed by atoms with Crippen LogP contribution in [0, 0.1) is 0 Å². The molecule has 0 aliphatic carbocycles. The Kier molecular flexibility index (Phi) is 5.51. The Morgan fingerprint density at radius 2 is 1.94 bits per heavy atom. The zero-order valence-corrected chi connectivity index (χ0v) is 9.82. The molecular weight excluding hydrogens is 208 g/mol. The number of morpholine rings is 1. The van der Waals surface area contributed by atoms with Gasteiger partial charge in [0.1, 0.15) is 0 Å². The second kappa shape index (κ2) is 7.19. The summed E-state index contributed by atoms with van der Waals surface area (Å²) in [5.74, 6) is 0. The van der Waals surface area contributed by atoms with E-state index in [9.17, 15) is 0 Å². The van der Waals surface area contributed by atoms with Crippen molar-refractivity contribution in [2.24, 2.45) is 0 Å². The summed E-state index contributed by atoms with van der Waals surface area (Å²) in [6.07, 6.45) is 0.235. The molecule has 2 fully saturated rings. The van der Waals surface area contributed by atoms with Crippen molar-refractivity contribution >= 4 is 0 Å². The Morgan fingerprint density at radius 1 is 1.06 bits per heavy atom. The second-order valence-corrected chi connectivity index (χ2v) is 4.23. The van der Waals surface area contributed by atoms with E-state index in [1.807, 2.05) is 0 Å². The molecule has 0 radical (unpaired) electrons. The van der Waals surface area contributed by atoms with Crippen LogP contribution in [0.2, 0.25) is 0 Å². The summed E-state index contributed by atoms with van der Waals surface area (Å²) in [5.41, 5.74) is 0. The van der Waals surface area contributed by atoms with Crippen LogP contribution in [0.15, 0.2) is 0 Å². The summed E-state index contributed by atoms with van der Waals surface area (Å²) in [4.78, 5) is 2.43. The molecular formula is C11H22N2O3. The van der Waals surface area contributed by atoms with Crippen LogP contribution in [0.4, 0.5) is 0 Å². The molecule has 0 bridgehead atoms. The minimum Gasteiger partial charge on any atom is -0.379 e. The molecule has 2 saturated heterocycles. The summed E-state index contributed by atoms with van der Waals surface area (Å²) in [6.45, 7) is 9.07. The Balaban J connectivity index is 1.47. The summed E-state index contributed by atoms with van der Waals surface area (Å²) in [6, 6.07) is 0. The van der Waals surface area contributed by atoms with Gasteiger partial charge in [-0.15, -0.1) is 0 Å². The quantitative estimate of drug-likeness (QED) is 0.634. The first-order valence-electron chi connectivity index (χ1n) is 6.15. The molecule has 2 aliphatic heterocycles. The van der Waals surface area contributed by atoms with Crippen molar-refractivity contribution in [3.63, 3.8) is 0 Å². The van der Waals surface area contributed by atoms with E-state index in [1.54, 1.807) is 0 Å². The lowest BCUT2D eigenvalue weighted by atomic mass is 10.3. The monoisotopic (exact) mass is 230 g/mol. The van der Waals surface area contributed by atoms with Crippen LogP contribution in [0.3, 0.4) is 0 Å². The van der Waals surface area contributed by atoms with Crippen LogP contribution in [-0.4, -0.2) is 76.8 Å². The van der Waals surface area contributed by atoms with E-state index in [0.717, 1.165) is 65.8 Å². The molecule has 0 saturated carbocycles. The largest absolute Gasteiger partial charge is 0.379 e. The molecule has 5 nitrogen and oxygen atoms in total. The standard InChI is InChI=1S/C11H22N2O3/c1(2-13-3-5-14-6-4-13)12-9-11-10-15-7-8-16-11/h11-12H,1-10H2.